The lowest BCUT2D eigenvalue weighted by atomic mass is 10.1. The van der Waals surface area contributed by atoms with Gasteiger partial charge in [-0.2, -0.15) is 10.2 Å². The van der Waals surface area contributed by atoms with Crippen LogP contribution in [0.1, 0.15) is 16.1 Å². The number of rotatable bonds is 5. The van der Waals surface area contributed by atoms with E-state index in [2.05, 4.69) is 36.7 Å². The van der Waals surface area contributed by atoms with Crippen LogP contribution in [0.25, 0.3) is 11.3 Å². The van der Waals surface area contributed by atoms with Gasteiger partial charge < -0.3 is 4.74 Å². The summed E-state index contributed by atoms with van der Waals surface area (Å²) in [4.78, 5) is 12.1. The van der Waals surface area contributed by atoms with E-state index in [1.54, 1.807) is 19.4 Å². The molecule has 0 atom stereocenters. The van der Waals surface area contributed by atoms with Gasteiger partial charge in [0.05, 0.1) is 19.0 Å². The Hall–Kier alpha value is -2.93. The SMILES string of the molecule is COc1ccc(/C=N/NC(=O)c2cc(-c3ccc(Br)cc3)n[nH]2)cc1. The minimum atomic E-state index is -0.361. The van der Waals surface area contributed by atoms with Crippen LogP contribution in [0.5, 0.6) is 5.75 Å². The van der Waals surface area contributed by atoms with E-state index in [4.69, 9.17) is 4.74 Å². The molecule has 0 fully saturated rings. The first kappa shape index (κ1) is 16.9. The fraction of sp³-hybridized carbons (Fsp3) is 0.0556. The maximum Gasteiger partial charge on any atom is 0.289 e. The number of ether oxygens (including phenoxy) is 1. The zero-order valence-corrected chi connectivity index (χ0v) is 14.9. The van der Waals surface area contributed by atoms with Crippen LogP contribution in [-0.4, -0.2) is 29.4 Å². The van der Waals surface area contributed by atoms with Crippen molar-refractivity contribution in [1.82, 2.24) is 15.6 Å². The van der Waals surface area contributed by atoms with E-state index >= 15 is 0 Å². The summed E-state index contributed by atoms with van der Waals surface area (Å²) in [5, 5.41) is 10.8. The molecule has 6 nitrogen and oxygen atoms in total. The van der Waals surface area contributed by atoms with Crippen molar-refractivity contribution in [3.8, 4) is 17.0 Å². The Morgan fingerprint density at radius 1 is 1.20 bits per heavy atom. The predicted molar refractivity (Wildman–Crippen MR) is 99.8 cm³/mol. The normalized spacial score (nSPS) is 10.8. The highest BCUT2D eigenvalue weighted by Gasteiger charge is 2.10. The van der Waals surface area contributed by atoms with Gasteiger partial charge in [0.15, 0.2) is 0 Å². The van der Waals surface area contributed by atoms with E-state index in [0.29, 0.717) is 11.4 Å². The van der Waals surface area contributed by atoms with E-state index < -0.39 is 0 Å². The second-order valence-electron chi connectivity index (χ2n) is 5.15. The highest BCUT2D eigenvalue weighted by molar-refractivity contribution is 9.10. The highest BCUT2D eigenvalue weighted by Crippen LogP contribution is 2.20. The maximum absolute atomic E-state index is 12.1. The third-order valence-corrected chi connectivity index (χ3v) is 3.99. The Morgan fingerprint density at radius 2 is 1.92 bits per heavy atom. The van der Waals surface area contributed by atoms with Crippen LogP contribution in [0.3, 0.4) is 0 Å². The fourth-order valence-corrected chi connectivity index (χ4v) is 2.39. The Morgan fingerprint density at radius 3 is 2.60 bits per heavy atom. The molecular formula is C18H15BrN4O2. The molecule has 2 N–H and O–H groups in total. The average molecular weight is 399 g/mol. The molecular weight excluding hydrogens is 384 g/mol. The Balaban J connectivity index is 1.63. The van der Waals surface area contributed by atoms with E-state index in [1.807, 2.05) is 48.5 Å². The molecule has 1 amide bonds. The first-order chi connectivity index (χ1) is 12.2. The number of carbonyl (C=O) groups excluding carboxylic acids is 1. The lowest BCUT2D eigenvalue weighted by molar-refractivity contribution is 0.0950. The van der Waals surface area contributed by atoms with Crippen molar-refractivity contribution in [1.29, 1.82) is 0 Å². The molecule has 3 aromatic rings. The van der Waals surface area contributed by atoms with Gasteiger partial charge in [0.2, 0.25) is 0 Å². The van der Waals surface area contributed by atoms with Crippen LogP contribution in [-0.2, 0) is 0 Å². The van der Waals surface area contributed by atoms with Crippen molar-refractivity contribution in [3.05, 3.63) is 70.3 Å². The van der Waals surface area contributed by atoms with Crippen molar-refractivity contribution < 1.29 is 9.53 Å². The number of aromatic nitrogens is 2. The van der Waals surface area contributed by atoms with Gasteiger partial charge in [-0.15, -0.1) is 0 Å². The number of hydrogen-bond donors (Lipinski definition) is 2. The topological polar surface area (TPSA) is 79.4 Å². The summed E-state index contributed by atoms with van der Waals surface area (Å²) in [5.74, 6) is 0.403. The number of nitrogens with zero attached hydrogens (tertiary/aromatic N) is 2. The first-order valence-corrected chi connectivity index (χ1v) is 8.24. The van der Waals surface area contributed by atoms with Gasteiger partial charge in [0, 0.05) is 10.0 Å². The van der Waals surface area contributed by atoms with Gasteiger partial charge in [-0.25, -0.2) is 5.43 Å². The van der Waals surface area contributed by atoms with Gasteiger partial charge in [0.1, 0.15) is 11.4 Å². The summed E-state index contributed by atoms with van der Waals surface area (Å²) in [7, 11) is 1.61. The van der Waals surface area contributed by atoms with E-state index in [-0.39, 0.29) is 5.91 Å². The van der Waals surface area contributed by atoms with Crippen LogP contribution in [0.2, 0.25) is 0 Å². The maximum atomic E-state index is 12.1. The second kappa shape index (κ2) is 7.76. The Bertz CT molecular complexity index is 886. The molecule has 0 unspecified atom stereocenters. The largest absolute Gasteiger partial charge is 0.497 e. The van der Waals surface area contributed by atoms with Crippen molar-refractivity contribution in [3.63, 3.8) is 0 Å². The van der Waals surface area contributed by atoms with Crippen molar-refractivity contribution in [2.45, 2.75) is 0 Å². The van der Waals surface area contributed by atoms with Gasteiger partial charge in [-0.05, 0) is 48.0 Å². The number of amides is 1. The lowest BCUT2D eigenvalue weighted by Crippen LogP contribution is -2.17. The van der Waals surface area contributed by atoms with Crippen molar-refractivity contribution in [2.75, 3.05) is 7.11 Å². The molecule has 0 bridgehead atoms. The quantitative estimate of drug-likeness (QED) is 0.508. The number of nitrogens with one attached hydrogen (secondary N) is 2. The molecule has 1 heterocycles. The number of carbonyl (C=O) groups is 1. The molecule has 25 heavy (non-hydrogen) atoms. The summed E-state index contributed by atoms with van der Waals surface area (Å²) >= 11 is 3.39. The van der Waals surface area contributed by atoms with Crippen molar-refractivity contribution >= 4 is 28.1 Å². The minimum Gasteiger partial charge on any atom is -0.497 e. The zero-order valence-electron chi connectivity index (χ0n) is 13.4. The van der Waals surface area contributed by atoms with Gasteiger partial charge >= 0.3 is 0 Å². The molecule has 0 aliphatic heterocycles. The summed E-state index contributed by atoms with van der Waals surface area (Å²) in [6.07, 6.45) is 1.56. The van der Waals surface area contributed by atoms with Crippen LogP contribution < -0.4 is 10.2 Å². The van der Waals surface area contributed by atoms with Gasteiger partial charge in [0.25, 0.3) is 5.91 Å². The third kappa shape index (κ3) is 4.33. The van der Waals surface area contributed by atoms with Crippen molar-refractivity contribution in [2.24, 2.45) is 5.10 Å². The molecule has 0 radical (unpaired) electrons. The van der Waals surface area contributed by atoms with Gasteiger partial charge in [-0.3, -0.25) is 9.89 Å². The molecule has 0 saturated heterocycles. The fourth-order valence-electron chi connectivity index (χ4n) is 2.12. The number of halogens is 1. The van der Waals surface area contributed by atoms with Crippen LogP contribution in [0.4, 0.5) is 0 Å². The predicted octanol–water partition coefficient (Wildman–Crippen LogP) is 3.61. The van der Waals surface area contributed by atoms with Crippen LogP contribution in [0.15, 0.2) is 64.2 Å². The standard InChI is InChI=1S/C18H15BrN4O2/c1-25-15-8-2-12(3-9-15)11-20-23-18(24)17-10-16(21-22-17)13-4-6-14(19)7-5-13/h2-11H,1H3,(H,21,22)(H,23,24)/b20-11+. The summed E-state index contributed by atoms with van der Waals surface area (Å²) in [6, 6.07) is 16.7. The molecule has 126 valence electrons. The third-order valence-electron chi connectivity index (χ3n) is 3.46. The molecule has 0 aliphatic rings. The molecule has 0 aliphatic carbocycles. The summed E-state index contributed by atoms with van der Waals surface area (Å²) in [5.41, 5.74) is 5.26. The van der Waals surface area contributed by atoms with Crippen LogP contribution >= 0.6 is 15.9 Å². The van der Waals surface area contributed by atoms with E-state index in [0.717, 1.165) is 21.3 Å². The molecule has 2 aromatic carbocycles. The smallest absolute Gasteiger partial charge is 0.289 e. The number of aromatic amines is 1. The number of benzene rings is 2. The summed E-state index contributed by atoms with van der Waals surface area (Å²) < 4.78 is 6.07. The van der Waals surface area contributed by atoms with E-state index in [1.165, 1.54) is 0 Å². The average Bonchev–Trinajstić information content (AvgIpc) is 3.13. The monoisotopic (exact) mass is 398 g/mol. The number of H-pyrrole nitrogens is 1. The molecule has 1 aromatic heterocycles. The van der Waals surface area contributed by atoms with E-state index in [9.17, 15) is 4.79 Å². The lowest BCUT2D eigenvalue weighted by Gasteiger charge is -1.99. The first-order valence-electron chi connectivity index (χ1n) is 7.44. The van der Waals surface area contributed by atoms with Crippen LogP contribution in [0, 0.1) is 0 Å². The highest BCUT2D eigenvalue weighted by atomic mass is 79.9. The number of methoxy groups -OCH3 is 1. The second-order valence-corrected chi connectivity index (χ2v) is 6.06. The Labute approximate surface area is 153 Å². The minimum absolute atomic E-state index is 0.338. The molecule has 7 heteroatoms. The number of hydrazone groups is 1. The summed E-state index contributed by atoms with van der Waals surface area (Å²) in [6.45, 7) is 0. The van der Waals surface area contributed by atoms with Gasteiger partial charge in [-0.1, -0.05) is 28.1 Å². The number of hydrogen-bond acceptors (Lipinski definition) is 4. The zero-order chi connectivity index (χ0) is 17.6. The molecule has 0 spiro atoms. The molecule has 3 rings (SSSR count). The molecule has 0 saturated carbocycles. The Kier molecular flexibility index (Phi) is 5.25.